The van der Waals surface area contributed by atoms with Gasteiger partial charge < -0.3 is 24.8 Å². The van der Waals surface area contributed by atoms with Gasteiger partial charge in [-0.2, -0.15) is 0 Å². The summed E-state index contributed by atoms with van der Waals surface area (Å²) >= 11 is 0. The number of anilines is 2. The highest BCUT2D eigenvalue weighted by molar-refractivity contribution is 5.77. The third-order valence-electron chi connectivity index (χ3n) is 6.57. The van der Waals surface area contributed by atoms with Crippen LogP contribution in [0.1, 0.15) is 35.8 Å². The number of amides is 1. The summed E-state index contributed by atoms with van der Waals surface area (Å²) < 4.78 is 5.30. The maximum atomic E-state index is 12.9. The zero-order valence-corrected chi connectivity index (χ0v) is 19.6. The van der Waals surface area contributed by atoms with Crippen LogP contribution in [0.25, 0.3) is 0 Å². The van der Waals surface area contributed by atoms with Gasteiger partial charge in [0, 0.05) is 76.5 Å². The van der Waals surface area contributed by atoms with Crippen LogP contribution in [0.3, 0.4) is 0 Å². The molecule has 0 unspecified atom stereocenters. The lowest BCUT2D eigenvalue weighted by Crippen LogP contribution is -2.32. The number of benzene rings is 1. The van der Waals surface area contributed by atoms with Crippen molar-refractivity contribution in [3.8, 4) is 5.75 Å². The van der Waals surface area contributed by atoms with Crippen LogP contribution in [0.4, 0.5) is 11.5 Å². The van der Waals surface area contributed by atoms with Crippen molar-refractivity contribution in [1.29, 1.82) is 0 Å². The molecule has 1 aromatic carbocycles. The number of likely N-dealkylation sites (tertiary alicyclic amines) is 1. The SMILES string of the molecule is CNc1nc([C@H]2CCN(C(=O)CCN(C)c3cccc(OC)c3)C2)nc2c1CCN(C)C2. The minimum Gasteiger partial charge on any atom is -0.497 e. The molecule has 1 N–H and O–H groups in total. The van der Waals surface area contributed by atoms with E-state index in [2.05, 4.69) is 22.2 Å². The summed E-state index contributed by atoms with van der Waals surface area (Å²) in [7, 11) is 7.72. The lowest BCUT2D eigenvalue weighted by atomic mass is 10.0. The van der Waals surface area contributed by atoms with Crippen molar-refractivity contribution >= 4 is 17.4 Å². The van der Waals surface area contributed by atoms with Gasteiger partial charge in [-0.3, -0.25) is 4.79 Å². The number of carbonyl (C=O) groups is 1. The lowest BCUT2D eigenvalue weighted by molar-refractivity contribution is -0.129. The van der Waals surface area contributed by atoms with E-state index in [1.165, 1.54) is 5.56 Å². The molecule has 0 radical (unpaired) electrons. The number of hydrogen-bond acceptors (Lipinski definition) is 7. The van der Waals surface area contributed by atoms with Crippen LogP contribution >= 0.6 is 0 Å². The number of ether oxygens (including phenoxy) is 1. The maximum Gasteiger partial charge on any atom is 0.224 e. The second-order valence-electron chi connectivity index (χ2n) is 8.79. The molecule has 0 bridgehead atoms. The van der Waals surface area contributed by atoms with Crippen molar-refractivity contribution in [1.82, 2.24) is 19.8 Å². The van der Waals surface area contributed by atoms with Gasteiger partial charge in [0.05, 0.1) is 12.8 Å². The molecule has 172 valence electrons. The van der Waals surface area contributed by atoms with E-state index in [-0.39, 0.29) is 11.8 Å². The molecular weight excluding hydrogens is 404 g/mol. The van der Waals surface area contributed by atoms with Crippen LogP contribution < -0.4 is 15.0 Å². The first kappa shape index (κ1) is 22.3. The molecule has 0 saturated carbocycles. The summed E-state index contributed by atoms with van der Waals surface area (Å²) in [4.78, 5) is 29.0. The summed E-state index contributed by atoms with van der Waals surface area (Å²) in [6.07, 6.45) is 2.37. The molecule has 1 atom stereocenters. The number of fused-ring (bicyclic) bond motifs is 1. The van der Waals surface area contributed by atoms with E-state index in [4.69, 9.17) is 14.7 Å². The Hall–Kier alpha value is -2.87. The first-order chi connectivity index (χ1) is 15.5. The normalized spacial score (nSPS) is 18.4. The highest BCUT2D eigenvalue weighted by Crippen LogP contribution is 2.30. The van der Waals surface area contributed by atoms with Gasteiger partial charge in [0.15, 0.2) is 0 Å². The largest absolute Gasteiger partial charge is 0.497 e. The molecule has 2 aliphatic rings. The minimum absolute atomic E-state index is 0.189. The van der Waals surface area contributed by atoms with E-state index < -0.39 is 0 Å². The first-order valence-corrected chi connectivity index (χ1v) is 11.4. The zero-order chi connectivity index (χ0) is 22.7. The van der Waals surface area contributed by atoms with Crippen LogP contribution in [0, 0.1) is 0 Å². The number of hydrogen-bond donors (Lipinski definition) is 1. The smallest absolute Gasteiger partial charge is 0.224 e. The number of likely N-dealkylation sites (N-methyl/N-ethyl adjacent to an activating group) is 1. The topological polar surface area (TPSA) is 73.8 Å². The quantitative estimate of drug-likeness (QED) is 0.711. The van der Waals surface area contributed by atoms with Gasteiger partial charge in [0.2, 0.25) is 5.91 Å². The Kier molecular flexibility index (Phi) is 6.79. The van der Waals surface area contributed by atoms with Gasteiger partial charge in [0.1, 0.15) is 17.4 Å². The van der Waals surface area contributed by atoms with Crippen molar-refractivity contribution in [3.63, 3.8) is 0 Å². The molecule has 1 fully saturated rings. The monoisotopic (exact) mass is 438 g/mol. The van der Waals surface area contributed by atoms with Crippen LogP contribution in [-0.2, 0) is 17.8 Å². The van der Waals surface area contributed by atoms with E-state index in [0.717, 1.165) is 61.2 Å². The lowest BCUT2D eigenvalue weighted by Gasteiger charge is -2.26. The van der Waals surface area contributed by atoms with Crippen molar-refractivity contribution < 1.29 is 9.53 Å². The van der Waals surface area contributed by atoms with Crippen LogP contribution in [0.2, 0.25) is 0 Å². The van der Waals surface area contributed by atoms with Gasteiger partial charge in [-0.15, -0.1) is 0 Å². The van der Waals surface area contributed by atoms with E-state index in [9.17, 15) is 4.79 Å². The van der Waals surface area contributed by atoms with Crippen molar-refractivity contribution in [2.75, 3.05) is 64.6 Å². The van der Waals surface area contributed by atoms with E-state index in [1.807, 2.05) is 43.3 Å². The number of nitrogens with one attached hydrogen (secondary N) is 1. The molecule has 0 spiro atoms. The Morgan fingerprint density at radius 3 is 2.94 bits per heavy atom. The first-order valence-electron chi connectivity index (χ1n) is 11.4. The molecule has 1 aromatic heterocycles. The van der Waals surface area contributed by atoms with E-state index in [0.29, 0.717) is 19.5 Å². The Balaban J connectivity index is 1.37. The van der Waals surface area contributed by atoms with Crippen molar-refractivity contribution in [3.05, 3.63) is 41.3 Å². The molecule has 32 heavy (non-hydrogen) atoms. The van der Waals surface area contributed by atoms with Crippen LogP contribution in [-0.4, -0.2) is 80.1 Å². The Morgan fingerprint density at radius 1 is 1.31 bits per heavy atom. The van der Waals surface area contributed by atoms with Crippen LogP contribution in [0.15, 0.2) is 24.3 Å². The highest BCUT2D eigenvalue weighted by atomic mass is 16.5. The molecule has 0 aliphatic carbocycles. The Morgan fingerprint density at radius 2 is 2.16 bits per heavy atom. The summed E-state index contributed by atoms with van der Waals surface area (Å²) in [6, 6.07) is 7.91. The second kappa shape index (κ2) is 9.73. The Bertz CT molecular complexity index is 966. The third kappa shape index (κ3) is 4.80. The fourth-order valence-electron chi connectivity index (χ4n) is 4.57. The molecule has 1 amide bonds. The number of nitrogens with zero attached hydrogens (tertiary/aromatic N) is 5. The van der Waals surface area contributed by atoms with Crippen molar-refractivity contribution in [2.24, 2.45) is 0 Å². The van der Waals surface area contributed by atoms with E-state index in [1.54, 1.807) is 7.11 Å². The molecule has 3 heterocycles. The van der Waals surface area contributed by atoms with Gasteiger partial charge in [-0.1, -0.05) is 6.07 Å². The molecular formula is C24H34N6O2. The van der Waals surface area contributed by atoms with Gasteiger partial charge in [-0.05, 0) is 32.0 Å². The van der Waals surface area contributed by atoms with Gasteiger partial charge in [0.25, 0.3) is 0 Å². The third-order valence-corrected chi connectivity index (χ3v) is 6.57. The standard InChI is InChI=1S/C24H34N6O2/c1-25-24-20-9-11-28(2)16-21(20)26-23(27-24)17-8-13-30(15-17)22(31)10-12-29(3)18-6-5-7-19(14-18)32-4/h5-7,14,17H,8-13,15-16H2,1-4H3,(H,25,26,27)/t17-/m0/s1. The summed E-state index contributed by atoms with van der Waals surface area (Å²) in [5.41, 5.74) is 3.40. The fourth-order valence-corrected chi connectivity index (χ4v) is 4.57. The number of aromatic nitrogens is 2. The maximum absolute atomic E-state index is 12.9. The molecule has 2 aliphatic heterocycles. The second-order valence-corrected chi connectivity index (χ2v) is 8.79. The summed E-state index contributed by atoms with van der Waals surface area (Å²) in [5.74, 6) is 3.02. The van der Waals surface area contributed by atoms with Gasteiger partial charge >= 0.3 is 0 Å². The minimum atomic E-state index is 0.189. The number of rotatable bonds is 7. The molecule has 2 aromatic rings. The summed E-state index contributed by atoms with van der Waals surface area (Å²) in [5, 5.41) is 3.26. The van der Waals surface area contributed by atoms with Gasteiger partial charge in [-0.25, -0.2) is 9.97 Å². The highest BCUT2D eigenvalue weighted by Gasteiger charge is 2.31. The predicted octanol–water partition coefficient (Wildman–Crippen LogP) is 2.36. The van der Waals surface area contributed by atoms with Crippen LogP contribution in [0.5, 0.6) is 5.75 Å². The fraction of sp³-hybridized carbons (Fsp3) is 0.542. The number of methoxy groups -OCH3 is 1. The average Bonchev–Trinajstić information content (AvgIpc) is 3.32. The molecule has 1 saturated heterocycles. The van der Waals surface area contributed by atoms with E-state index >= 15 is 0 Å². The van der Waals surface area contributed by atoms with Crippen molar-refractivity contribution in [2.45, 2.75) is 31.7 Å². The molecule has 4 rings (SSSR count). The molecule has 8 heteroatoms. The molecule has 8 nitrogen and oxygen atoms in total. The summed E-state index contributed by atoms with van der Waals surface area (Å²) in [6.45, 7) is 4.01. The number of carbonyl (C=O) groups excluding carboxylic acids is 1. The Labute approximate surface area is 190 Å². The predicted molar refractivity (Wildman–Crippen MR) is 126 cm³/mol. The average molecular weight is 439 g/mol. The zero-order valence-electron chi connectivity index (χ0n) is 19.6.